The molecule has 6 heteroatoms. The van der Waals surface area contributed by atoms with Gasteiger partial charge in [-0.25, -0.2) is 9.97 Å². The summed E-state index contributed by atoms with van der Waals surface area (Å²) in [6.45, 7) is 2.80. The summed E-state index contributed by atoms with van der Waals surface area (Å²) >= 11 is 0. The van der Waals surface area contributed by atoms with Crippen molar-refractivity contribution in [3.63, 3.8) is 0 Å². The number of nitrogens with one attached hydrogen (secondary N) is 3. The molecule has 6 nitrogen and oxygen atoms in total. The molecule has 1 aliphatic heterocycles. The molecule has 20 heavy (non-hydrogen) atoms. The summed E-state index contributed by atoms with van der Waals surface area (Å²) in [5, 5.41) is 8.06. The maximum atomic E-state index is 5.17. The summed E-state index contributed by atoms with van der Waals surface area (Å²) < 4.78 is 5.17. The van der Waals surface area contributed by atoms with E-state index in [-0.39, 0.29) is 0 Å². The van der Waals surface area contributed by atoms with Gasteiger partial charge in [-0.15, -0.1) is 0 Å². The Morgan fingerprint density at radius 1 is 1.45 bits per heavy atom. The molecule has 1 fully saturated rings. The molecule has 3 N–H and O–H groups in total. The number of H-pyrrole nitrogens is 1. The molecule has 2 aromatic heterocycles. The molecule has 0 aromatic carbocycles. The molecule has 3 heterocycles. The number of anilines is 1. The van der Waals surface area contributed by atoms with Crippen molar-refractivity contribution in [1.82, 2.24) is 20.3 Å². The molecule has 0 spiro atoms. The van der Waals surface area contributed by atoms with Gasteiger partial charge in [0.15, 0.2) is 0 Å². The number of nitrogens with zero attached hydrogens (tertiary/aromatic N) is 2. The first-order valence-electron chi connectivity index (χ1n) is 7.15. The van der Waals surface area contributed by atoms with Gasteiger partial charge in [-0.1, -0.05) is 0 Å². The Labute approximate surface area is 118 Å². The van der Waals surface area contributed by atoms with Gasteiger partial charge >= 0.3 is 0 Å². The van der Waals surface area contributed by atoms with E-state index in [0.717, 1.165) is 36.4 Å². The van der Waals surface area contributed by atoms with Crippen molar-refractivity contribution in [2.45, 2.75) is 25.3 Å². The number of fused-ring (bicyclic) bond motifs is 1. The summed E-state index contributed by atoms with van der Waals surface area (Å²) in [6.07, 6.45) is 6.85. The molecule has 0 aliphatic carbocycles. The van der Waals surface area contributed by atoms with Crippen LogP contribution < -0.4 is 10.6 Å². The summed E-state index contributed by atoms with van der Waals surface area (Å²) in [4.78, 5) is 11.9. The van der Waals surface area contributed by atoms with Crippen LogP contribution in [0.3, 0.4) is 0 Å². The van der Waals surface area contributed by atoms with Crippen LogP contribution in [0, 0.1) is 0 Å². The fourth-order valence-corrected chi connectivity index (χ4v) is 2.71. The second-order valence-corrected chi connectivity index (χ2v) is 5.19. The van der Waals surface area contributed by atoms with E-state index in [0.29, 0.717) is 12.6 Å². The van der Waals surface area contributed by atoms with Crippen molar-refractivity contribution in [3.8, 4) is 0 Å². The second-order valence-electron chi connectivity index (χ2n) is 5.19. The van der Waals surface area contributed by atoms with E-state index >= 15 is 0 Å². The van der Waals surface area contributed by atoms with E-state index in [4.69, 9.17) is 4.74 Å². The van der Waals surface area contributed by atoms with Crippen LogP contribution in [0.2, 0.25) is 0 Å². The Morgan fingerprint density at radius 2 is 2.40 bits per heavy atom. The van der Waals surface area contributed by atoms with Gasteiger partial charge in [0, 0.05) is 25.9 Å². The van der Waals surface area contributed by atoms with E-state index in [1.807, 2.05) is 6.20 Å². The standard InChI is InChI=1S/C14H21N5O/c1-20-6-4-10-7-16-13-12(10)14(18-9-17-13)19-11-3-2-5-15-8-11/h7,9,11,15H,2-6,8H2,1H3,(H2,16,17,18,19). The van der Waals surface area contributed by atoms with Gasteiger partial charge in [-0.05, 0) is 31.4 Å². The predicted molar refractivity (Wildman–Crippen MR) is 79.0 cm³/mol. The van der Waals surface area contributed by atoms with Crippen molar-refractivity contribution in [2.24, 2.45) is 0 Å². The van der Waals surface area contributed by atoms with Gasteiger partial charge < -0.3 is 20.4 Å². The molecule has 108 valence electrons. The SMILES string of the molecule is COCCc1c[nH]c2ncnc(NC3CCCNC3)c12. The molecule has 0 radical (unpaired) electrons. The Kier molecular flexibility index (Phi) is 4.13. The van der Waals surface area contributed by atoms with Crippen molar-refractivity contribution >= 4 is 16.9 Å². The van der Waals surface area contributed by atoms with Gasteiger partial charge in [0.25, 0.3) is 0 Å². The molecule has 1 atom stereocenters. The van der Waals surface area contributed by atoms with Crippen LogP contribution in [-0.4, -0.2) is 47.8 Å². The van der Waals surface area contributed by atoms with E-state index in [1.54, 1.807) is 13.4 Å². The molecule has 1 unspecified atom stereocenters. The smallest absolute Gasteiger partial charge is 0.143 e. The molecule has 0 amide bonds. The highest BCUT2D eigenvalue weighted by atomic mass is 16.5. The first-order chi connectivity index (χ1) is 9.88. The second kappa shape index (κ2) is 6.19. The first kappa shape index (κ1) is 13.3. The molecule has 2 aromatic rings. The van der Waals surface area contributed by atoms with E-state index in [9.17, 15) is 0 Å². The molecule has 1 saturated heterocycles. The number of hydrogen-bond acceptors (Lipinski definition) is 5. The van der Waals surface area contributed by atoms with E-state index in [2.05, 4.69) is 25.6 Å². The van der Waals surface area contributed by atoms with Crippen LogP contribution in [0.5, 0.6) is 0 Å². The zero-order valence-electron chi connectivity index (χ0n) is 11.8. The Balaban J connectivity index is 1.86. The Morgan fingerprint density at radius 3 is 3.20 bits per heavy atom. The van der Waals surface area contributed by atoms with Crippen LogP contribution in [0.1, 0.15) is 18.4 Å². The fraction of sp³-hybridized carbons (Fsp3) is 0.571. The van der Waals surface area contributed by atoms with Gasteiger partial charge in [-0.2, -0.15) is 0 Å². The topological polar surface area (TPSA) is 74.9 Å². The van der Waals surface area contributed by atoms with Gasteiger partial charge in [0.05, 0.1) is 12.0 Å². The highest BCUT2D eigenvalue weighted by Crippen LogP contribution is 2.25. The third-order valence-electron chi connectivity index (χ3n) is 3.76. The summed E-state index contributed by atoms with van der Waals surface area (Å²) in [7, 11) is 1.72. The van der Waals surface area contributed by atoms with Crippen molar-refractivity contribution < 1.29 is 4.74 Å². The van der Waals surface area contributed by atoms with Crippen LogP contribution in [0.25, 0.3) is 11.0 Å². The maximum absolute atomic E-state index is 5.17. The third-order valence-corrected chi connectivity index (χ3v) is 3.76. The average Bonchev–Trinajstić information content (AvgIpc) is 2.90. The number of aromatic amines is 1. The molecular formula is C14H21N5O. The lowest BCUT2D eigenvalue weighted by atomic mass is 10.1. The lowest BCUT2D eigenvalue weighted by molar-refractivity contribution is 0.202. The van der Waals surface area contributed by atoms with Gasteiger partial charge in [0.2, 0.25) is 0 Å². The van der Waals surface area contributed by atoms with Crippen LogP contribution >= 0.6 is 0 Å². The highest BCUT2D eigenvalue weighted by molar-refractivity contribution is 5.90. The number of rotatable bonds is 5. The largest absolute Gasteiger partial charge is 0.384 e. The quantitative estimate of drug-likeness (QED) is 0.767. The number of piperidine rings is 1. The highest BCUT2D eigenvalue weighted by Gasteiger charge is 2.16. The monoisotopic (exact) mass is 275 g/mol. The van der Waals surface area contributed by atoms with Crippen LogP contribution in [0.4, 0.5) is 5.82 Å². The van der Waals surface area contributed by atoms with Crippen molar-refractivity contribution in [3.05, 3.63) is 18.1 Å². The van der Waals surface area contributed by atoms with E-state index < -0.39 is 0 Å². The molecule has 0 saturated carbocycles. The minimum atomic E-state index is 0.437. The normalized spacial score (nSPS) is 19.4. The van der Waals surface area contributed by atoms with Gasteiger partial charge in [0.1, 0.15) is 17.8 Å². The Hall–Kier alpha value is -1.66. The zero-order chi connectivity index (χ0) is 13.8. The predicted octanol–water partition coefficient (Wildman–Crippen LogP) is 1.31. The number of aromatic nitrogens is 3. The minimum Gasteiger partial charge on any atom is -0.384 e. The lowest BCUT2D eigenvalue weighted by Crippen LogP contribution is -2.38. The summed E-state index contributed by atoms with van der Waals surface area (Å²) in [5.41, 5.74) is 2.09. The van der Waals surface area contributed by atoms with E-state index in [1.165, 1.54) is 18.4 Å². The molecular weight excluding hydrogens is 254 g/mol. The van der Waals surface area contributed by atoms with Crippen LogP contribution in [0.15, 0.2) is 12.5 Å². The third kappa shape index (κ3) is 2.76. The lowest BCUT2D eigenvalue weighted by Gasteiger charge is -2.24. The van der Waals surface area contributed by atoms with Crippen molar-refractivity contribution in [2.75, 3.05) is 32.1 Å². The van der Waals surface area contributed by atoms with Crippen LogP contribution in [-0.2, 0) is 11.2 Å². The summed E-state index contributed by atoms with van der Waals surface area (Å²) in [6, 6.07) is 0.437. The molecule has 1 aliphatic rings. The fourth-order valence-electron chi connectivity index (χ4n) is 2.71. The number of methoxy groups -OCH3 is 1. The average molecular weight is 275 g/mol. The zero-order valence-corrected chi connectivity index (χ0v) is 11.8. The molecule has 3 rings (SSSR count). The van der Waals surface area contributed by atoms with Crippen molar-refractivity contribution in [1.29, 1.82) is 0 Å². The van der Waals surface area contributed by atoms with Gasteiger partial charge in [-0.3, -0.25) is 0 Å². The number of ether oxygens (including phenoxy) is 1. The summed E-state index contributed by atoms with van der Waals surface area (Å²) in [5.74, 6) is 0.927. The maximum Gasteiger partial charge on any atom is 0.143 e. The minimum absolute atomic E-state index is 0.437. The number of hydrogen-bond donors (Lipinski definition) is 3. The first-order valence-corrected chi connectivity index (χ1v) is 7.15. The Bertz CT molecular complexity index is 562. The molecule has 0 bridgehead atoms.